The zero-order valence-corrected chi connectivity index (χ0v) is 9.72. The molecular weight excluding hydrogens is 208 g/mol. The molecule has 1 aromatic heterocycles. The number of aromatic nitrogens is 1. The summed E-state index contributed by atoms with van der Waals surface area (Å²) in [7, 11) is 1.66. The maximum atomic E-state index is 5.21. The van der Waals surface area contributed by atoms with Gasteiger partial charge in [0.1, 0.15) is 0 Å². The highest BCUT2D eigenvalue weighted by Crippen LogP contribution is 2.25. The summed E-state index contributed by atoms with van der Waals surface area (Å²) in [5.74, 6) is 3.16. The fourth-order valence-corrected chi connectivity index (χ4v) is 2.81. The third-order valence-electron chi connectivity index (χ3n) is 2.48. The van der Waals surface area contributed by atoms with Gasteiger partial charge in [-0.15, -0.1) is 0 Å². The van der Waals surface area contributed by atoms with Gasteiger partial charge in [-0.3, -0.25) is 0 Å². The molecule has 0 radical (unpaired) electrons. The predicted molar refractivity (Wildman–Crippen MR) is 64.8 cm³/mol. The number of methoxy groups -OCH3 is 1. The van der Waals surface area contributed by atoms with Gasteiger partial charge in [0.2, 0.25) is 5.88 Å². The van der Waals surface area contributed by atoms with Crippen LogP contribution in [0.5, 0.6) is 5.88 Å². The minimum atomic E-state index is 0.557. The second-order valence-electron chi connectivity index (χ2n) is 3.62. The lowest BCUT2D eigenvalue weighted by atomic mass is 10.2. The standard InChI is InChI=1S/C11H16N2OS/c1-14-11-10(5-2-6-12-11)13-9-4-3-7-15-8-9/h2,5-6,9,13H,3-4,7-8H2,1H3/t9-/m0/s1. The van der Waals surface area contributed by atoms with Gasteiger partial charge in [0.05, 0.1) is 12.8 Å². The Labute approximate surface area is 94.6 Å². The fraction of sp³-hybridized carbons (Fsp3) is 0.545. The lowest BCUT2D eigenvalue weighted by Gasteiger charge is -2.23. The van der Waals surface area contributed by atoms with Crippen molar-refractivity contribution in [2.24, 2.45) is 0 Å². The van der Waals surface area contributed by atoms with Crippen molar-refractivity contribution in [1.82, 2.24) is 4.98 Å². The quantitative estimate of drug-likeness (QED) is 0.855. The lowest BCUT2D eigenvalue weighted by molar-refractivity contribution is 0.399. The average Bonchev–Trinajstić information content (AvgIpc) is 2.31. The molecule has 3 nitrogen and oxygen atoms in total. The number of ether oxygens (including phenoxy) is 1. The molecule has 0 aromatic carbocycles. The molecule has 0 unspecified atom stereocenters. The normalized spacial score (nSPS) is 21.0. The Kier molecular flexibility index (Phi) is 3.72. The van der Waals surface area contributed by atoms with Crippen LogP contribution in [0.25, 0.3) is 0 Å². The minimum absolute atomic E-state index is 0.557. The van der Waals surface area contributed by atoms with E-state index >= 15 is 0 Å². The number of rotatable bonds is 3. The van der Waals surface area contributed by atoms with Gasteiger partial charge < -0.3 is 10.1 Å². The van der Waals surface area contributed by atoms with E-state index in [2.05, 4.69) is 10.3 Å². The van der Waals surface area contributed by atoms with Gasteiger partial charge in [-0.2, -0.15) is 11.8 Å². The molecule has 4 heteroatoms. The van der Waals surface area contributed by atoms with Gasteiger partial charge in [0, 0.05) is 18.0 Å². The molecule has 15 heavy (non-hydrogen) atoms. The Morgan fingerprint density at radius 3 is 3.27 bits per heavy atom. The van der Waals surface area contributed by atoms with Gasteiger partial charge in [-0.05, 0) is 30.7 Å². The molecule has 0 bridgehead atoms. The van der Waals surface area contributed by atoms with Crippen LogP contribution in [0.2, 0.25) is 0 Å². The molecular formula is C11H16N2OS. The molecule has 0 saturated carbocycles. The van der Waals surface area contributed by atoms with E-state index in [1.54, 1.807) is 13.3 Å². The molecule has 1 aliphatic rings. The van der Waals surface area contributed by atoms with Gasteiger partial charge >= 0.3 is 0 Å². The van der Waals surface area contributed by atoms with Crippen molar-refractivity contribution in [3.63, 3.8) is 0 Å². The number of nitrogens with one attached hydrogen (secondary N) is 1. The van der Waals surface area contributed by atoms with E-state index in [4.69, 9.17) is 4.74 Å². The van der Waals surface area contributed by atoms with Crippen LogP contribution in [0.3, 0.4) is 0 Å². The summed E-state index contributed by atoms with van der Waals surface area (Å²) >= 11 is 2.01. The molecule has 82 valence electrons. The zero-order chi connectivity index (χ0) is 10.5. The van der Waals surface area contributed by atoms with Crippen LogP contribution in [-0.2, 0) is 0 Å². The zero-order valence-electron chi connectivity index (χ0n) is 8.90. The van der Waals surface area contributed by atoms with Crippen LogP contribution in [0.4, 0.5) is 5.69 Å². The van der Waals surface area contributed by atoms with Crippen LogP contribution >= 0.6 is 11.8 Å². The van der Waals surface area contributed by atoms with Gasteiger partial charge in [-0.1, -0.05) is 0 Å². The fourth-order valence-electron chi connectivity index (χ4n) is 1.74. The van der Waals surface area contributed by atoms with Crippen LogP contribution in [0.15, 0.2) is 18.3 Å². The van der Waals surface area contributed by atoms with E-state index < -0.39 is 0 Å². The first-order chi connectivity index (χ1) is 7.40. The minimum Gasteiger partial charge on any atom is -0.480 e. The summed E-state index contributed by atoms with van der Waals surface area (Å²) in [4.78, 5) is 4.17. The molecule has 0 amide bonds. The first-order valence-electron chi connectivity index (χ1n) is 5.23. The number of hydrogen-bond donors (Lipinski definition) is 1. The molecule has 1 fully saturated rings. The summed E-state index contributed by atoms with van der Waals surface area (Å²) in [5, 5.41) is 3.49. The van der Waals surface area contributed by atoms with E-state index in [1.165, 1.54) is 24.3 Å². The van der Waals surface area contributed by atoms with E-state index in [9.17, 15) is 0 Å². The Balaban J connectivity index is 2.02. The van der Waals surface area contributed by atoms with Crippen LogP contribution in [0, 0.1) is 0 Å². The van der Waals surface area contributed by atoms with Crippen LogP contribution in [0.1, 0.15) is 12.8 Å². The molecule has 1 saturated heterocycles. The molecule has 0 spiro atoms. The Morgan fingerprint density at radius 1 is 1.60 bits per heavy atom. The average molecular weight is 224 g/mol. The summed E-state index contributed by atoms with van der Waals surface area (Å²) in [6, 6.07) is 4.51. The maximum absolute atomic E-state index is 5.21. The summed E-state index contributed by atoms with van der Waals surface area (Å²) in [5.41, 5.74) is 1.01. The molecule has 1 atom stereocenters. The largest absolute Gasteiger partial charge is 0.480 e. The van der Waals surface area contributed by atoms with Gasteiger partial charge in [0.15, 0.2) is 0 Å². The first-order valence-corrected chi connectivity index (χ1v) is 6.39. The number of thioether (sulfide) groups is 1. The van der Waals surface area contributed by atoms with E-state index in [0.29, 0.717) is 11.9 Å². The highest BCUT2D eigenvalue weighted by Gasteiger charge is 2.15. The lowest BCUT2D eigenvalue weighted by Crippen LogP contribution is -2.26. The third kappa shape index (κ3) is 2.78. The Morgan fingerprint density at radius 2 is 2.53 bits per heavy atom. The van der Waals surface area contributed by atoms with Gasteiger partial charge in [0.25, 0.3) is 0 Å². The second kappa shape index (κ2) is 5.26. The van der Waals surface area contributed by atoms with Crippen molar-refractivity contribution in [1.29, 1.82) is 0 Å². The van der Waals surface area contributed by atoms with E-state index in [-0.39, 0.29) is 0 Å². The summed E-state index contributed by atoms with van der Waals surface area (Å²) in [6.45, 7) is 0. The van der Waals surface area contributed by atoms with Gasteiger partial charge in [-0.25, -0.2) is 4.98 Å². The number of hydrogen-bond acceptors (Lipinski definition) is 4. The summed E-state index contributed by atoms with van der Waals surface area (Å²) < 4.78 is 5.21. The number of anilines is 1. The number of nitrogens with zero attached hydrogens (tertiary/aromatic N) is 1. The molecule has 2 heterocycles. The molecule has 1 aliphatic heterocycles. The van der Waals surface area contributed by atoms with Crippen molar-refractivity contribution in [3.8, 4) is 5.88 Å². The van der Waals surface area contributed by atoms with Crippen LogP contribution < -0.4 is 10.1 Å². The van der Waals surface area contributed by atoms with E-state index in [1.807, 2.05) is 23.9 Å². The van der Waals surface area contributed by atoms with Crippen molar-refractivity contribution >= 4 is 17.4 Å². The maximum Gasteiger partial charge on any atom is 0.237 e. The summed E-state index contributed by atoms with van der Waals surface area (Å²) in [6.07, 6.45) is 4.29. The highest BCUT2D eigenvalue weighted by molar-refractivity contribution is 7.99. The second-order valence-corrected chi connectivity index (χ2v) is 4.77. The van der Waals surface area contributed by atoms with Crippen molar-refractivity contribution < 1.29 is 4.74 Å². The predicted octanol–water partition coefficient (Wildman–Crippen LogP) is 2.40. The van der Waals surface area contributed by atoms with Crippen molar-refractivity contribution in [3.05, 3.63) is 18.3 Å². The molecule has 2 rings (SSSR count). The number of pyridine rings is 1. The SMILES string of the molecule is COc1ncccc1N[C@H]1CCCSC1. The van der Waals surface area contributed by atoms with Crippen LogP contribution in [-0.4, -0.2) is 29.6 Å². The first kappa shape index (κ1) is 10.6. The monoisotopic (exact) mass is 224 g/mol. The third-order valence-corrected chi connectivity index (χ3v) is 3.70. The van der Waals surface area contributed by atoms with E-state index in [0.717, 1.165) is 5.69 Å². The molecule has 0 aliphatic carbocycles. The molecule has 1 N–H and O–H groups in total. The molecule has 1 aromatic rings. The Hall–Kier alpha value is -0.900. The highest BCUT2D eigenvalue weighted by atomic mass is 32.2. The topological polar surface area (TPSA) is 34.1 Å². The smallest absolute Gasteiger partial charge is 0.237 e. The van der Waals surface area contributed by atoms with Crippen molar-refractivity contribution in [2.75, 3.05) is 23.9 Å². The van der Waals surface area contributed by atoms with Crippen molar-refractivity contribution in [2.45, 2.75) is 18.9 Å². The Bertz CT molecular complexity index is 313.